The van der Waals surface area contributed by atoms with E-state index >= 15 is 0 Å². The van der Waals surface area contributed by atoms with E-state index in [4.69, 9.17) is 10.5 Å². The van der Waals surface area contributed by atoms with Gasteiger partial charge in [-0.3, -0.25) is 0 Å². The summed E-state index contributed by atoms with van der Waals surface area (Å²) in [5.74, 6) is 1.46. The summed E-state index contributed by atoms with van der Waals surface area (Å²) in [5, 5.41) is 0. The number of ether oxygens (including phenoxy) is 1. The Kier molecular flexibility index (Phi) is 4.09. The number of rotatable bonds is 3. The molecule has 1 aromatic heterocycles. The lowest BCUT2D eigenvalue weighted by molar-refractivity contribution is 0.439. The van der Waals surface area contributed by atoms with Crippen molar-refractivity contribution in [1.82, 2.24) is 4.98 Å². The monoisotopic (exact) mass is 270 g/mol. The number of aromatic nitrogens is 1. The molecule has 106 valence electrons. The SMILES string of the molecule is Cc1ccc(C(C)(C)C)c(Oc2ccc(CN)cn2)c1. The van der Waals surface area contributed by atoms with E-state index in [1.54, 1.807) is 6.20 Å². The van der Waals surface area contributed by atoms with Crippen LogP contribution >= 0.6 is 0 Å². The molecule has 1 aromatic carbocycles. The molecule has 0 fully saturated rings. The minimum absolute atomic E-state index is 0.0280. The van der Waals surface area contributed by atoms with E-state index < -0.39 is 0 Å². The molecule has 0 unspecified atom stereocenters. The minimum Gasteiger partial charge on any atom is -0.439 e. The van der Waals surface area contributed by atoms with E-state index in [1.807, 2.05) is 12.1 Å². The fourth-order valence-electron chi connectivity index (χ4n) is 2.04. The lowest BCUT2D eigenvalue weighted by Crippen LogP contribution is -2.12. The fourth-order valence-corrected chi connectivity index (χ4v) is 2.04. The van der Waals surface area contributed by atoms with Crippen LogP contribution in [-0.2, 0) is 12.0 Å². The van der Waals surface area contributed by atoms with Gasteiger partial charge in [0.25, 0.3) is 0 Å². The zero-order chi connectivity index (χ0) is 14.8. The summed E-state index contributed by atoms with van der Waals surface area (Å²) < 4.78 is 5.96. The van der Waals surface area contributed by atoms with Gasteiger partial charge in [0.15, 0.2) is 0 Å². The second-order valence-corrected chi connectivity index (χ2v) is 6.06. The Morgan fingerprint density at radius 2 is 1.90 bits per heavy atom. The first-order valence-corrected chi connectivity index (χ1v) is 6.84. The standard InChI is InChI=1S/C17H22N2O/c1-12-5-7-14(17(2,3)4)15(9-12)20-16-8-6-13(10-18)11-19-16/h5-9,11H,10,18H2,1-4H3. The number of aryl methyl sites for hydroxylation is 1. The molecule has 1 heterocycles. The zero-order valence-electron chi connectivity index (χ0n) is 12.6. The Hall–Kier alpha value is -1.87. The maximum Gasteiger partial charge on any atom is 0.219 e. The van der Waals surface area contributed by atoms with Crippen molar-refractivity contribution in [2.45, 2.75) is 39.7 Å². The van der Waals surface area contributed by atoms with E-state index in [0.29, 0.717) is 12.4 Å². The summed E-state index contributed by atoms with van der Waals surface area (Å²) in [5.41, 5.74) is 8.95. The van der Waals surface area contributed by atoms with Crippen LogP contribution in [0.2, 0.25) is 0 Å². The van der Waals surface area contributed by atoms with Crippen molar-refractivity contribution in [3.63, 3.8) is 0 Å². The molecule has 3 heteroatoms. The van der Waals surface area contributed by atoms with Gasteiger partial charge in [0.2, 0.25) is 5.88 Å². The summed E-state index contributed by atoms with van der Waals surface area (Å²) in [6, 6.07) is 10.1. The maximum absolute atomic E-state index is 5.96. The van der Waals surface area contributed by atoms with Gasteiger partial charge in [-0.25, -0.2) is 4.98 Å². The molecule has 0 saturated carbocycles. The van der Waals surface area contributed by atoms with Crippen LogP contribution in [-0.4, -0.2) is 4.98 Å². The lowest BCUT2D eigenvalue weighted by atomic mass is 9.86. The summed E-state index contributed by atoms with van der Waals surface area (Å²) in [6.07, 6.45) is 1.75. The Morgan fingerprint density at radius 1 is 1.15 bits per heavy atom. The van der Waals surface area contributed by atoms with Crippen molar-refractivity contribution in [3.05, 3.63) is 53.2 Å². The third-order valence-electron chi connectivity index (χ3n) is 3.19. The highest BCUT2D eigenvalue weighted by molar-refractivity contribution is 5.43. The van der Waals surface area contributed by atoms with Crippen LogP contribution in [0.15, 0.2) is 36.5 Å². The first-order chi connectivity index (χ1) is 9.40. The molecular weight excluding hydrogens is 248 g/mol. The van der Waals surface area contributed by atoms with Gasteiger partial charge in [0, 0.05) is 24.4 Å². The number of hydrogen-bond donors (Lipinski definition) is 1. The summed E-state index contributed by atoms with van der Waals surface area (Å²) in [4.78, 5) is 4.30. The number of nitrogens with two attached hydrogens (primary N) is 1. The quantitative estimate of drug-likeness (QED) is 0.919. The van der Waals surface area contributed by atoms with E-state index in [1.165, 1.54) is 11.1 Å². The van der Waals surface area contributed by atoms with Crippen molar-refractivity contribution in [3.8, 4) is 11.6 Å². The molecule has 2 rings (SSSR count). The van der Waals surface area contributed by atoms with Crippen molar-refractivity contribution >= 4 is 0 Å². The van der Waals surface area contributed by atoms with Crippen molar-refractivity contribution in [2.75, 3.05) is 0 Å². The van der Waals surface area contributed by atoms with Gasteiger partial charge < -0.3 is 10.5 Å². The Bertz CT molecular complexity index is 583. The molecule has 3 nitrogen and oxygen atoms in total. The largest absolute Gasteiger partial charge is 0.439 e. The molecule has 0 aliphatic carbocycles. The fraction of sp³-hybridized carbons (Fsp3) is 0.353. The molecule has 0 bridgehead atoms. The molecule has 0 aliphatic rings. The third-order valence-corrected chi connectivity index (χ3v) is 3.19. The van der Waals surface area contributed by atoms with Gasteiger partial charge in [0.1, 0.15) is 5.75 Å². The van der Waals surface area contributed by atoms with Gasteiger partial charge in [-0.15, -0.1) is 0 Å². The summed E-state index contributed by atoms with van der Waals surface area (Å²) >= 11 is 0. The predicted molar refractivity (Wildman–Crippen MR) is 82.1 cm³/mol. The van der Waals surface area contributed by atoms with Crippen LogP contribution in [0.4, 0.5) is 0 Å². The van der Waals surface area contributed by atoms with Crippen LogP contribution in [0.5, 0.6) is 11.6 Å². The first-order valence-electron chi connectivity index (χ1n) is 6.84. The molecule has 20 heavy (non-hydrogen) atoms. The van der Waals surface area contributed by atoms with Gasteiger partial charge in [-0.2, -0.15) is 0 Å². The number of hydrogen-bond acceptors (Lipinski definition) is 3. The van der Waals surface area contributed by atoms with Crippen molar-refractivity contribution in [1.29, 1.82) is 0 Å². The normalized spacial score (nSPS) is 11.4. The number of nitrogens with zero attached hydrogens (tertiary/aromatic N) is 1. The Balaban J connectivity index is 2.34. The van der Waals surface area contributed by atoms with E-state index in [0.717, 1.165) is 11.3 Å². The molecule has 0 amide bonds. The molecule has 0 atom stereocenters. The van der Waals surface area contributed by atoms with Crippen LogP contribution < -0.4 is 10.5 Å². The van der Waals surface area contributed by atoms with Crippen LogP contribution in [0.3, 0.4) is 0 Å². The topological polar surface area (TPSA) is 48.1 Å². The van der Waals surface area contributed by atoms with Gasteiger partial charge in [-0.1, -0.05) is 39.0 Å². The molecule has 0 aliphatic heterocycles. The molecule has 2 aromatic rings. The predicted octanol–water partition coefficient (Wildman–Crippen LogP) is 3.94. The Morgan fingerprint density at radius 3 is 2.45 bits per heavy atom. The maximum atomic E-state index is 5.96. The molecule has 2 N–H and O–H groups in total. The number of benzene rings is 1. The molecule has 0 spiro atoms. The second-order valence-electron chi connectivity index (χ2n) is 6.06. The average Bonchev–Trinajstić information content (AvgIpc) is 2.38. The lowest BCUT2D eigenvalue weighted by Gasteiger charge is -2.22. The van der Waals surface area contributed by atoms with Crippen molar-refractivity contribution in [2.24, 2.45) is 5.73 Å². The van der Waals surface area contributed by atoms with Gasteiger partial charge in [-0.05, 0) is 29.5 Å². The highest BCUT2D eigenvalue weighted by Crippen LogP contribution is 2.34. The minimum atomic E-state index is 0.0280. The summed E-state index contributed by atoms with van der Waals surface area (Å²) in [6.45, 7) is 9.08. The smallest absolute Gasteiger partial charge is 0.219 e. The van der Waals surface area contributed by atoms with E-state index in [-0.39, 0.29) is 5.41 Å². The highest BCUT2D eigenvalue weighted by atomic mass is 16.5. The Labute approximate surface area is 120 Å². The molecular formula is C17H22N2O. The van der Waals surface area contributed by atoms with E-state index in [9.17, 15) is 0 Å². The molecule has 0 radical (unpaired) electrons. The second kappa shape index (κ2) is 5.63. The van der Waals surface area contributed by atoms with Crippen LogP contribution in [0, 0.1) is 6.92 Å². The van der Waals surface area contributed by atoms with E-state index in [2.05, 4.69) is 50.9 Å². The average molecular weight is 270 g/mol. The summed E-state index contributed by atoms with van der Waals surface area (Å²) in [7, 11) is 0. The third kappa shape index (κ3) is 3.36. The number of pyridine rings is 1. The zero-order valence-corrected chi connectivity index (χ0v) is 12.6. The van der Waals surface area contributed by atoms with Crippen LogP contribution in [0.1, 0.15) is 37.5 Å². The van der Waals surface area contributed by atoms with Gasteiger partial charge in [0.05, 0.1) is 0 Å². The van der Waals surface area contributed by atoms with Gasteiger partial charge >= 0.3 is 0 Å². The first kappa shape index (κ1) is 14.5. The highest BCUT2D eigenvalue weighted by Gasteiger charge is 2.19. The van der Waals surface area contributed by atoms with Crippen LogP contribution in [0.25, 0.3) is 0 Å². The molecule has 0 saturated heterocycles. The van der Waals surface area contributed by atoms with Crippen molar-refractivity contribution < 1.29 is 4.74 Å².